The minimum atomic E-state index is -3.00. The lowest BCUT2D eigenvalue weighted by molar-refractivity contribution is 0.471. The number of aryl methyl sites for hydroxylation is 1. The van der Waals surface area contributed by atoms with Gasteiger partial charge in [-0.1, -0.05) is 17.7 Å². The molecule has 1 aliphatic rings. The van der Waals surface area contributed by atoms with E-state index < -0.39 is 9.84 Å². The number of anilines is 1. The maximum Gasteiger partial charge on any atom is 0.225 e. The van der Waals surface area contributed by atoms with Gasteiger partial charge in [0.15, 0.2) is 9.84 Å². The second-order valence-electron chi connectivity index (χ2n) is 8.51. The van der Waals surface area contributed by atoms with Gasteiger partial charge in [-0.25, -0.2) is 23.4 Å². The van der Waals surface area contributed by atoms with Gasteiger partial charge in [-0.3, -0.25) is 0 Å². The van der Waals surface area contributed by atoms with Gasteiger partial charge in [0.05, 0.1) is 33.2 Å². The van der Waals surface area contributed by atoms with Crippen molar-refractivity contribution in [1.82, 2.24) is 19.9 Å². The summed E-state index contributed by atoms with van der Waals surface area (Å²) in [7, 11) is -3.00. The SMILES string of the molecule is Cc1ccc(O)c(C)c1-c1cnc2[nH]c(-c3cnc(N4CCS(=O)(=O)CC4)nc3)c(Cl)c2c1C#N. The predicted molar refractivity (Wildman–Crippen MR) is 134 cm³/mol. The monoisotopic (exact) mass is 508 g/mol. The van der Waals surface area contributed by atoms with Crippen LogP contribution in [0.1, 0.15) is 16.7 Å². The summed E-state index contributed by atoms with van der Waals surface area (Å²) in [6.07, 6.45) is 4.83. The highest BCUT2D eigenvalue weighted by molar-refractivity contribution is 7.91. The number of aromatic hydroxyl groups is 1. The number of hydrogen-bond donors (Lipinski definition) is 2. The number of H-pyrrole nitrogens is 1. The summed E-state index contributed by atoms with van der Waals surface area (Å²) < 4.78 is 23.4. The predicted octanol–water partition coefficient (Wildman–Crippen LogP) is 3.77. The number of aromatic nitrogens is 4. The van der Waals surface area contributed by atoms with E-state index in [0.717, 1.165) is 11.1 Å². The average molecular weight is 509 g/mol. The number of fused-ring (bicyclic) bond motifs is 1. The summed E-state index contributed by atoms with van der Waals surface area (Å²) in [6.45, 7) is 4.40. The lowest BCUT2D eigenvalue weighted by Crippen LogP contribution is -2.41. The van der Waals surface area contributed by atoms with Crippen molar-refractivity contribution < 1.29 is 13.5 Å². The number of pyridine rings is 1. The van der Waals surface area contributed by atoms with Crippen molar-refractivity contribution in [3.63, 3.8) is 0 Å². The van der Waals surface area contributed by atoms with E-state index in [-0.39, 0.29) is 17.3 Å². The number of hydrogen-bond acceptors (Lipinski definition) is 8. The van der Waals surface area contributed by atoms with Crippen molar-refractivity contribution in [2.24, 2.45) is 0 Å². The number of nitriles is 1. The van der Waals surface area contributed by atoms with Crippen LogP contribution in [-0.2, 0) is 9.84 Å². The summed E-state index contributed by atoms with van der Waals surface area (Å²) in [4.78, 5) is 18.3. The van der Waals surface area contributed by atoms with Crippen molar-refractivity contribution in [2.75, 3.05) is 29.5 Å². The zero-order valence-corrected chi connectivity index (χ0v) is 20.6. The number of sulfone groups is 1. The smallest absolute Gasteiger partial charge is 0.225 e. The molecule has 0 atom stereocenters. The topological polar surface area (TPSA) is 136 Å². The van der Waals surface area contributed by atoms with Crippen LogP contribution < -0.4 is 4.90 Å². The Labute approximate surface area is 207 Å². The molecule has 1 saturated heterocycles. The molecule has 0 amide bonds. The second kappa shape index (κ2) is 8.52. The Kier molecular flexibility index (Phi) is 5.62. The van der Waals surface area contributed by atoms with E-state index in [0.29, 0.717) is 63.0 Å². The number of aromatic amines is 1. The third kappa shape index (κ3) is 3.96. The van der Waals surface area contributed by atoms with Crippen molar-refractivity contribution in [1.29, 1.82) is 5.26 Å². The quantitative estimate of drug-likeness (QED) is 0.426. The highest BCUT2D eigenvalue weighted by atomic mass is 35.5. The van der Waals surface area contributed by atoms with Crippen molar-refractivity contribution >= 4 is 38.4 Å². The maximum atomic E-state index is 11.7. The second-order valence-corrected chi connectivity index (χ2v) is 11.2. The third-order valence-corrected chi connectivity index (χ3v) is 8.33. The first-order valence-electron chi connectivity index (χ1n) is 10.9. The Bertz CT molecular complexity index is 1610. The van der Waals surface area contributed by atoms with E-state index in [4.69, 9.17) is 11.6 Å². The lowest BCUT2D eigenvalue weighted by atomic mass is 9.92. The van der Waals surface area contributed by atoms with Crippen LogP contribution in [0, 0.1) is 25.2 Å². The molecule has 4 aromatic rings. The molecule has 3 aromatic heterocycles. The van der Waals surface area contributed by atoms with E-state index in [1.54, 1.807) is 37.6 Å². The van der Waals surface area contributed by atoms with Gasteiger partial charge >= 0.3 is 0 Å². The highest BCUT2D eigenvalue weighted by Gasteiger charge is 2.24. The van der Waals surface area contributed by atoms with Crippen LogP contribution in [0.25, 0.3) is 33.4 Å². The average Bonchev–Trinajstić information content (AvgIpc) is 3.18. The first-order valence-corrected chi connectivity index (χ1v) is 13.1. The largest absolute Gasteiger partial charge is 0.508 e. The molecule has 0 aliphatic carbocycles. The van der Waals surface area contributed by atoms with Crippen LogP contribution in [0.2, 0.25) is 5.02 Å². The molecular weight excluding hydrogens is 488 g/mol. The lowest BCUT2D eigenvalue weighted by Gasteiger charge is -2.26. The molecule has 0 saturated carbocycles. The number of benzene rings is 1. The van der Waals surface area contributed by atoms with Crippen LogP contribution in [0.3, 0.4) is 0 Å². The van der Waals surface area contributed by atoms with Crippen molar-refractivity contribution in [3.8, 4) is 34.2 Å². The molecule has 9 nitrogen and oxygen atoms in total. The number of phenols is 1. The highest BCUT2D eigenvalue weighted by Crippen LogP contribution is 2.41. The minimum Gasteiger partial charge on any atom is -0.508 e. The van der Waals surface area contributed by atoms with E-state index >= 15 is 0 Å². The molecule has 1 fully saturated rings. The fourth-order valence-electron chi connectivity index (χ4n) is 4.40. The van der Waals surface area contributed by atoms with Gasteiger partial charge in [-0.15, -0.1) is 0 Å². The molecule has 4 heterocycles. The Balaban J connectivity index is 1.57. The van der Waals surface area contributed by atoms with Gasteiger partial charge in [0.1, 0.15) is 17.5 Å². The normalized spacial score (nSPS) is 15.3. The fraction of sp³-hybridized carbons (Fsp3) is 0.250. The number of nitrogens with zero attached hydrogens (tertiary/aromatic N) is 5. The third-order valence-electron chi connectivity index (χ3n) is 6.34. The van der Waals surface area contributed by atoms with E-state index in [9.17, 15) is 18.8 Å². The van der Waals surface area contributed by atoms with Crippen molar-refractivity contribution in [2.45, 2.75) is 13.8 Å². The van der Waals surface area contributed by atoms with Crippen LogP contribution in [0.4, 0.5) is 5.95 Å². The van der Waals surface area contributed by atoms with Crippen LogP contribution >= 0.6 is 11.6 Å². The molecule has 0 radical (unpaired) electrons. The molecule has 0 unspecified atom stereocenters. The Morgan fingerprint density at radius 1 is 1.11 bits per heavy atom. The van der Waals surface area contributed by atoms with E-state index in [1.807, 2.05) is 11.8 Å². The van der Waals surface area contributed by atoms with E-state index in [2.05, 4.69) is 26.0 Å². The first-order chi connectivity index (χ1) is 16.7. The first kappa shape index (κ1) is 23.1. The zero-order chi connectivity index (χ0) is 24.9. The van der Waals surface area contributed by atoms with Crippen LogP contribution in [0.5, 0.6) is 5.75 Å². The number of phenolic OH excluding ortho intramolecular Hbond substituents is 1. The molecule has 1 aliphatic heterocycles. The van der Waals surface area contributed by atoms with Gasteiger partial charge in [0, 0.05) is 42.8 Å². The minimum absolute atomic E-state index is 0.0784. The Morgan fingerprint density at radius 3 is 2.46 bits per heavy atom. The molecule has 11 heteroatoms. The summed E-state index contributed by atoms with van der Waals surface area (Å²) in [6, 6.07) is 5.68. The zero-order valence-electron chi connectivity index (χ0n) is 19.0. The van der Waals surface area contributed by atoms with Crippen LogP contribution in [0.15, 0.2) is 30.7 Å². The Hall–Kier alpha value is -3.68. The number of rotatable bonds is 3. The molecule has 178 valence electrons. The van der Waals surface area contributed by atoms with Crippen LogP contribution in [-0.4, -0.2) is 58.1 Å². The fourth-order valence-corrected chi connectivity index (χ4v) is 5.94. The van der Waals surface area contributed by atoms with Gasteiger partial charge in [-0.2, -0.15) is 5.26 Å². The van der Waals surface area contributed by atoms with E-state index in [1.165, 1.54) is 0 Å². The number of nitrogens with one attached hydrogen (secondary N) is 1. The molecule has 35 heavy (non-hydrogen) atoms. The standard InChI is InChI=1S/C24H21ClN6O3S/c1-13-3-4-18(32)14(2)19(13)17-12-27-23-20(16(17)9-26)21(25)22(30-23)15-10-28-24(29-11-15)31-5-7-35(33,34)8-6-31/h3-4,10-12,32H,5-8H2,1-2H3,(H,27,30). The van der Waals surface area contributed by atoms with Gasteiger partial charge in [0.25, 0.3) is 0 Å². The molecule has 1 aromatic carbocycles. The molecule has 2 N–H and O–H groups in total. The molecular formula is C24H21ClN6O3S. The van der Waals surface area contributed by atoms with Gasteiger partial charge in [0.2, 0.25) is 5.95 Å². The summed E-state index contributed by atoms with van der Waals surface area (Å²) in [5.41, 5.74) is 4.83. The van der Waals surface area contributed by atoms with Gasteiger partial charge in [-0.05, 0) is 36.6 Å². The maximum absolute atomic E-state index is 11.7. The molecule has 0 spiro atoms. The molecule has 0 bridgehead atoms. The Morgan fingerprint density at radius 2 is 1.80 bits per heavy atom. The van der Waals surface area contributed by atoms with Crippen molar-refractivity contribution in [3.05, 3.63) is 52.4 Å². The number of halogens is 1. The molecule has 5 rings (SSSR count). The summed E-state index contributed by atoms with van der Waals surface area (Å²) in [5.74, 6) is 0.743. The summed E-state index contributed by atoms with van der Waals surface area (Å²) >= 11 is 6.76. The summed E-state index contributed by atoms with van der Waals surface area (Å²) in [5, 5.41) is 21.1. The van der Waals surface area contributed by atoms with Gasteiger partial charge < -0.3 is 15.0 Å².